The Morgan fingerprint density at radius 1 is 1.17 bits per heavy atom. The first kappa shape index (κ1) is 7.41. The van der Waals surface area contributed by atoms with Gasteiger partial charge in [-0.1, -0.05) is 24.3 Å². The van der Waals surface area contributed by atoms with Crippen molar-refractivity contribution in [3.63, 3.8) is 0 Å². The summed E-state index contributed by atoms with van der Waals surface area (Å²) in [5.74, 6) is 0.967. The minimum Gasteiger partial charge on any atom is -0.486 e. The highest BCUT2D eigenvalue weighted by molar-refractivity contribution is 5.22. The second-order valence-electron chi connectivity index (χ2n) is 2.97. The minimum absolute atomic E-state index is 0.299. The van der Waals surface area contributed by atoms with Crippen LogP contribution in [-0.4, -0.2) is 6.10 Å². The van der Waals surface area contributed by atoms with Gasteiger partial charge in [0.15, 0.2) is 0 Å². The van der Waals surface area contributed by atoms with E-state index >= 15 is 0 Å². The van der Waals surface area contributed by atoms with Crippen LogP contribution < -0.4 is 4.74 Å². The molecule has 0 saturated heterocycles. The molecule has 0 aliphatic heterocycles. The second kappa shape index (κ2) is 3.44. The molecule has 0 unspecified atom stereocenters. The highest BCUT2D eigenvalue weighted by atomic mass is 16.5. The number of benzene rings is 1. The minimum atomic E-state index is 0.299. The van der Waals surface area contributed by atoms with Gasteiger partial charge in [0.05, 0.1) is 0 Å². The quantitative estimate of drug-likeness (QED) is 0.604. The zero-order chi connectivity index (χ0) is 8.23. The molecule has 1 aliphatic carbocycles. The number of rotatable bonds is 2. The summed E-state index contributed by atoms with van der Waals surface area (Å²) in [4.78, 5) is 0. The normalized spacial score (nSPS) is 21.2. The maximum absolute atomic E-state index is 5.69. The Hall–Kier alpha value is -1.24. The van der Waals surface area contributed by atoms with Crippen LogP contribution in [0.15, 0.2) is 42.5 Å². The van der Waals surface area contributed by atoms with Crippen LogP contribution in [0.4, 0.5) is 0 Å². The molecule has 0 heterocycles. The molecule has 1 aliphatic rings. The Kier molecular flexibility index (Phi) is 2.12. The predicted octanol–water partition coefficient (Wildman–Crippen LogP) is 2.78. The predicted molar refractivity (Wildman–Crippen MR) is 49.2 cm³/mol. The van der Waals surface area contributed by atoms with Gasteiger partial charge in [-0.3, -0.25) is 0 Å². The van der Waals surface area contributed by atoms with Crippen molar-refractivity contribution in [1.82, 2.24) is 0 Å². The molecule has 1 atom stereocenters. The van der Waals surface area contributed by atoms with Crippen LogP contribution in [0, 0.1) is 0 Å². The van der Waals surface area contributed by atoms with E-state index in [4.69, 9.17) is 4.74 Å². The van der Waals surface area contributed by atoms with Crippen LogP contribution in [0.2, 0.25) is 0 Å². The summed E-state index contributed by atoms with van der Waals surface area (Å²) in [7, 11) is 0. The molecule has 1 heteroatoms. The summed E-state index contributed by atoms with van der Waals surface area (Å²) >= 11 is 0. The van der Waals surface area contributed by atoms with E-state index in [1.807, 2.05) is 30.3 Å². The summed E-state index contributed by atoms with van der Waals surface area (Å²) in [6.45, 7) is 0. The third kappa shape index (κ3) is 1.67. The van der Waals surface area contributed by atoms with E-state index in [2.05, 4.69) is 12.2 Å². The highest BCUT2D eigenvalue weighted by Crippen LogP contribution is 2.17. The number of hydrogen-bond donors (Lipinski definition) is 0. The fourth-order valence-corrected chi connectivity index (χ4v) is 1.38. The van der Waals surface area contributed by atoms with E-state index < -0.39 is 0 Å². The molecular weight excluding hydrogens is 148 g/mol. The van der Waals surface area contributed by atoms with E-state index in [1.54, 1.807) is 0 Å². The summed E-state index contributed by atoms with van der Waals surface area (Å²) in [6, 6.07) is 9.97. The molecule has 1 nitrogen and oxygen atoms in total. The molecule has 0 N–H and O–H groups in total. The van der Waals surface area contributed by atoms with Crippen LogP contribution in [0.5, 0.6) is 5.75 Å². The monoisotopic (exact) mass is 160 g/mol. The maximum Gasteiger partial charge on any atom is 0.120 e. The topological polar surface area (TPSA) is 9.23 Å². The van der Waals surface area contributed by atoms with E-state index in [0.717, 1.165) is 18.6 Å². The second-order valence-corrected chi connectivity index (χ2v) is 2.97. The Bertz CT molecular complexity index is 264. The summed E-state index contributed by atoms with van der Waals surface area (Å²) in [5, 5.41) is 0. The lowest BCUT2D eigenvalue weighted by atomic mass is 10.3. The zero-order valence-electron chi connectivity index (χ0n) is 6.94. The van der Waals surface area contributed by atoms with Gasteiger partial charge in [-0.15, -0.1) is 0 Å². The van der Waals surface area contributed by atoms with Crippen molar-refractivity contribution in [2.45, 2.75) is 18.9 Å². The number of hydrogen-bond acceptors (Lipinski definition) is 1. The smallest absolute Gasteiger partial charge is 0.120 e. The van der Waals surface area contributed by atoms with Crippen molar-refractivity contribution in [3.05, 3.63) is 42.5 Å². The zero-order valence-corrected chi connectivity index (χ0v) is 6.94. The van der Waals surface area contributed by atoms with Gasteiger partial charge >= 0.3 is 0 Å². The number of para-hydroxylation sites is 1. The molecule has 0 aromatic heterocycles. The van der Waals surface area contributed by atoms with Gasteiger partial charge in [0, 0.05) is 0 Å². The Balaban J connectivity index is 1.99. The van der Waals surface area contributed by atoms with E-state index in [1.165, 1.54) is 0 Å². The molecule has 0 radical (unpaired) electrons. The first-order chi connectivity index (χ1) is 5.95. The third-order valence-corrected chi connectivity index (χ3v) is 2.00. The van der Waals surface area contributed by atoms with Gasteiger partial charge in [0.2, 0.25) is 0 Å². The van der Waals surface area contributed by atoms with Gasteiger partial charge < -0.3 is 4.74 Å². The van der Waals surface area contributed by atoms with Crippen molar-refractivity contribution in [2.24, 2.45) is 0 Å². The standard InChI is InChI=1S/C11H12O/c1-2-6-10(7-3-1)12-11-8-4-5-9-11/h1-4,6-8,11H,5,9H2/t11-/m0/s1. The van der Waals surface area contributed by atoms with Gasteiger partial charge in [-0.25, -0.2) is 0 Å². The molecular formula is C11H12O. The molecule has 1 aromatic carbocycles. The van der Waals surface area contributed by atoms with Crippen molar-refractivity contribution >= 4 is 0 Å². The lowest BCUT2D eigenvalue weighted by Crippen LogP contribution is -2.09. The van der Waals surface area contributed by atoms with Crippen LogP contribution in [0.3, 0.4) is 0 Å². The third-order valence-electron chi connectivity index (χ3n) is 2.00. The Morgan fingerprint density at radius 2 is 2.00 bits per heavy atom. The highest BCUT2D eigenvalue weighted by Gasteiger charge is 2.09. The summed E-state index contributed by atoms with van der Waals surface area (Å²) in [6.07, 6.45) is 6.87. The number of ether oxygens (including phenoxy) is 1. The SMILES string of the molecule is C1=C[C@H](Oc2ccccc2)CC1. The van der Waals surface area contributed by atoms with Gasteiger partial charge in [0.1, 0.15) is 11.9 Å². The van der Waals surface area contributed by atoms with Crippen LogP contribution in [0.25, 0.3) is 0 Å². The van der Waals surface area contributed by atoms with Gasteiger partial charge in [0.25, 0.3) is 0 Å². The first-order valence-electron chi connectivity index (χ1n) is 4.33. The molecule has 0 amide bonds. The summed E-state index contributed by atoms with van der Waals surface area (Å²) in [5.41, 5.74) is 0. The van der Waals surface area contributed by atoms with Gasteiger partial charge in [-0.05, 0) is 31.1 Å². The Morgan fingerprint density at radius 3 is 2.67 bits per heavy atom. The molecule has 0 bridgehead atoms. The summed E-state index contributed by atoms with van der Waals surface area (Å²) < 4.78 is 5.69. The Labute approximate surface area is 72.7 Å². The van der Waals surface area contributed by atoms with Crippen LogP contribution in [0.1, 0.15) is 12.8 Å². The van der Waals surface area contributed by atoms with E-state index in [0.29, 0.717) is 6.10 Å². The molecule has 0 saturated carbocycles. The lowest BCUT2D eigenvalue weighted by Gasteiger charge is -2.10. The molecule has 0 fully saturated rings. The van der Waals surface area contributed by atoms with Crippen LogP contribution in [-0.2, 0) is 0 Å². The average molecular weight is 160 g/mol. The van der Waals surface area contributed by atoms with Crippen molar-refractivity contribution in [3.8, 4) is 5.75 Å². The van der Waals surface area contributed by atoms with Crippen molar-refractivity contribution < 1.29 is 4.74 Å². The van der Waals surface area contributed by atoms with Crippen molar-refractivity contribution in [1.29, 1.82) is 0 Å². The molecule has 2 rings (SSSR count). The maximum atomic E-state index is 5.69. The van der Waals surface area contributed by atoms with Crippen LogP contribution >= 0.6 is 0 Å². The number of allylic oxidation sites excluding steroid dienone is 1. The van der Waals surface area contributed by atoms with E-state index in [-0.39, 0.29) is 0 Å². The molecule has 1 aromatic rings. The first-order valence-corrected chi connectivity index (χ1v) is 4.33. The lowest BCUT2D eigenvalue weighted by molar-refractivity contribution is 0.249. The van der Waals surface area contributed by atoms with Crippen molar-refractivity contribution in [2.75, 3.05) is 0 Å². The largest absolute Gasteiger partial charge is 0.486 e. The fourth-order valence-electron chi connectivity index (χ4n) is 1.38. The van der Waals surface area contributed by atoms with E-state index in [9.17, 15) is 0 Å². The molecule has 62 valence electrons. The fraction of sp³-hybridized carbons (Fsp3) is 0.273. The average Bonchev–Trinajstić information content (AvgIpc) is 2.59. The molecule has 12 heavy (non-hydrogen) atoms. The van der Waals surface area contributed by atoms with Gasteiger partial charge in [-0.2, -0.15) is 0 Å². The molecule has 0 spiro atoms.